The van der Waals surface area contributed by atoms with Crippen molar-refractivity contribution in [3.05, 3.63) is 95.6 Å². The molecule has 3 amide bonds. The molecular weight excluding hydrogens is 567 g/mol. The lowest BCUT2D eigenvalue weighted by molar-refractivity contribution is 0.103. The molecule has 9 nitrogen and oxygen atoms in total. The highest BCUT2D eigenvalue weighted by molar-refractivity contribution is 7.21. The highest BCUT2D eigenvalue weighted by Gasteiger charge is 2.34. The van der Waals surface area contributed by atoms with Gasteiger partial charge in [0, 0.05) is 25.3 Å². The number of anilines is 4. The fraction of sp³-hybridized carbons (Fsp3) is 0.188. The summed E-state index contributed by atoms with van der Waals surface area (Å²) in [5.74, 6) is 1.39. The Hall–Kier alpha value is -4.87. The van der Waals surface area contributed by atoms with Gasteiger partial charge >= 0.3 is 6.03 Å². The van der Waals surface area contributed by atoms with Crippen LogP contribution >= 0.6 is 11.3 Å². The third kappa shape index (κ3) is 5.52. The SMILES string of the molecule is O=C(Nc1ccc(CN2CCC(F)CC2)cc1)c1sc2ncnc3c2c1NC(=O)N3c1ccc(Oc2ccccc2)cc1. The summed E-state index contributed by atoms with van der Waals surface area (Å²) in [6.45, 7) is 2.24. The highest BCUT2D eigenvalue weighted by Crippen LogP contribution is 2.45. The van der Waals surface area contributed by atoms with Crippen molar-refractivity contribution in [2.75, 3.05) is 28.6 Å². The first kappa shape index (κ1) is 27.0. The first-order valence-electron chi connectivity index (χ1n) is 14.0. The number of urea groups is 1. The molecule has 43 heavy (non-hydrogen) atoms. The molecule has 0 bridgehead atoms. The Morgan fingerprint density at radius 1 is 0.977 bits per heavy atom. The number of hydrogen-bond acceptors (Lipinski definition) is 7. The Morgan fingerprint density at radius 3 is 2.44 bits per heavy atom. The minimum Gasteiger partial charge on any atom is -0.457 e. The fourth-order valence-electron chi connectivity index (χ4n) is 5.35. The van der Waals surface area contributed by atoms with Crippen molar-refractivity contribution in [2.45, 2.75) is 25.6 Å². The zero-order chi connectivity index (χ0) is 29.3. The smallest absolute Gasteiger partial charge is 0.332 e. The molecule has 216 valence electrons. The number of alkyl halides is 1. The maximum Gasteiger partial charge on any atom is 0.332 e. The van der Waals surface area contributed by atoms with Gasteiger partial charge in [0.15, 0.2) is 5.82 Å². The van der Waals surface area contributed by atoms with Crippen molar-refractivity contribution in [3.63, 3.8) is 0 Å². The van der Waals surface area contributed by atoms with Crippen LogP contribution in [0.2, 0.25) is 0 Å². The van der Waals surface area contributed by atoms with Crippen molar-refractivity contribution in [1.29, 1.82) is 0 Å². The quantitative estimate of drug-likeness (QED) is 0.204. The number of carbonyl (C=O) groups excluding carboxylic acids is 2. The van der Waals surface area contributed by atoms with Crippen LogP contribution in [-0.4, -0.2) is 46.1 Å². The van der Waals surface area contributed by atoms with Gasteiger partial charge in [-0.05, 0) is 66.9 Å². The second-order valence-corrected chi connectivity index (χ2v) is 11.5. The number of thiophene rings is 1. The van der Waals surface area contributed by atoms with Gasteiger partial charge in [0.25, 0.3) is 5.91 Å². The number of benzene rings is 3. The number of piperidine rings is 1. The van der Waals surface area contributed by atoms with Crippen LogP contribution in [0.1, 0.15) is 28.1 Å². The summed E-state index contributed by atoms with van der Waals surface area (Å²) in [5.41, 5.74) is 2.72. The summed E-state index contributed by atoms with van der Waals surface area (Å²) in [4.78, 5) is 40.2. The topological polar surface area (TPSA) is 99.7 Å². The maximum atomic E-state index is 13.4. The van der Waals surface area contributed by atoms with Gasteiger partial charge in [-0.15, -0.1) is 11.3 Å². The average Bonchev–Trinajstić information content (AvgIpc) is 3.40. The molecule has 1 fully saturated rings. The van der Waals surface area contributed by atoms with E-state index in [0.29, 0.717) is 62.3 Å². The van der Waals surface area contributed by atoms with Gasteiger partial charge < -0.3 is 15.4 Å². The third-order valence-corrected chi connectivity index (χ3v) is 8.63. The van der Waals surface area contributed by atoms with Crippen molar-refractivity contribution >= 4 is 56.4 Å². The number of halogens is 1. The summed E-state index contributed by atoms with van der Waals surface area (Å²) in [6.07, 6.45) is 1.84. The van der Waals surface area contributed by atoms with Gasteiger partial charge in [-0.3, -0.25) is 9.69 Å². The maximum absolute atomic E-state index is 13.4. The predicted molar refractivity (Wildman–Crippen MR) is 165 cm³/mol. The fourth-order valence-corrected chi connectivity index (χ4v) is 6.34. The number of rotatable bonds is 7. The van der Waals surface area contributed by atoms with Crippen LogP contribution in [0.15, 0.2) is 85.2 Å². The lowest BCUT2D eigenvalue weighted by Gasteiger charge is -2.28. The highest BCUT2D eigenvalue weighted by atomic mass is 32.1. The van der Waals surface area contributed by atoms with E-state index in [-0.39, 0.29) is 5.91 Å². The van der Waals surface area contributed by atoms with Crippen molar-refractivity contribution in [2.24, 2.45) is 0 Å². The van der Waals surface area contributed by atoms with E-state index >= 15 is 0 Å². The second kappa shape index (κ2) is 11.4. The number of nitrogens with one attached hydrogen (secondary N) is 2. The normalized spacial score (nSPS) is 15.4. The van der Waals surface area contributed by atoms with E-state index in [4.69, 9.17) is 4.74 Å². The molecule has 2 aromatic heterocycles. The van der Waals surface area contributed by atoms with Crippen LogP contribution < -0.4 is 20.3 Å². The minimum atomic E-state index is -0.699. The number of aromatic nitrogens is 2. The molecule has 0 radical (unpaired) electrons. The Balaban J connectivity index is 1.10. The average molecular weight is 595 g/mol. The zero-order valence-electron chi connectivity index (χ0n) is 23.0. The molecule has 7 rings (SSSR count). The van der Waals surface area contributed by atoms with Crippen molar-refractivity contribution in [3.8, 4) is 11.5 Å². The molecule has 5 aromatic rings. The predicted octanol–water partition coefficient (Wildman–Crippen LogP) is 7.35. The second-order valence-electron chi connectivity index (χ2n) is 10.5. The van der Waals surface area contributed by atoms with E-state index < -0.39 is 12.2 Å². The van der Waals surface area contributed by atoms with Gasteiger partial charge in [-0.25, -0.2) is 24.1 Å². The molecule has 1 saturated heterocycles. The number of carbonyl (C=O) groups is 2. The molecule has 11 heteroatoms. The monoisotopic (exact) mass is 594 g/mol. The molecule has 0 saturated carbocycles. The number of nitrogens with zero attached hydrogens (tertiary/aromatic N) is 4. The Kier molecular flexibility index (Phi) is 7.17. The van der Waals surface area contributed by atoms with Crippen LogP contribution in [-0.2, 0) is 6.54 Å². The van der Waals surface area contributed by atoms with E-state index in [0.717, 1.165) is 25.2 Å². The molecule has 2 aliphatic heterocycles. The van der Waals surface area contributed by atoms with Crippen LogP contribution in [0, 0.1) is 0 Å². The third-order valence-electron chi connectivity index (χ3n) is 7.53. The number of likely N-dealkylation sites (tertiary alicyclic amines) is 1. The van der Waals surface area contributed by atoms with Crippen molar-refractivity contribution in [1.82, 2.24) is 14.9 Å². The standard InChI is InChI=1S/C32H27FN6O3S/c33-21-14-16-38(17-15-21)18-20-6-8-22(9-7-20)36-30(40)28-27-26-29(34-19-35-31(26)43-28)39(32(41)37-27)23-10-12-25(13-11-23)42-24-4-2-1-3-5-24/h1-13,19,21H,14-18H2,(H,36,40)(H,37,41). The largest absolute Gasteiger partial charge is 0.457 e. The molecule has 4 heterocycles. The Labute approximate surface area is 250 Å². The minimum absolute atomic E-state index is 0.342. The van der Waals surface area contributed by atoms with Crippen LogP contribution in [0.5, 0.6) is 11.5 Å². The summed E-state index contributed by atoms with van der Waals surface area (Å²) in [5, 5.41) is 6.44. The number of hydrogen-bond donors (Lipinski definition) is 2. The summed E-state index contributed by atoms with van der Waals surface area (Å²) in [7, 11) is 0. The molecule has 0 aliphatic carbocycles. The van der Waals surface area contributed by atoms with E-state index in [9.17, 15) is 14.0 Å². The molecule has 2 N–H and O–H groups in total. The van der Waals surface area contributed by atoms with E-state index in [1.807, 2.05) is 54.6 Å². The Bertz CT molecular complexity index is 1790. The number of ether oxygens (including phenoxy) is 1. The molecule has 0 spiro atoms. The zero-order valence-corrected chi connectivity index (χ0v) is 23.8. The summed E-state index contributed by atoms with van der Waals surface area (Å²) < 4.78 is 19.3. The van der Waals surface area contributed by atoms with Gasteiger partial charge in [0.1, 0.15) is 33.7 Å². The van der Waals surface area contributed by atoms with Gasteiger partial charge in [-0.1, -0.05) is 30.3 Å². The number of para-hydroxylation sites is 1. The first-order chi connectivity index (χ1) is 21.0. The van der Waals surface area contributed by atoms with Crippen LogP contribution in [0.25, 0.3) is 10.2 Å². The Morgan fingerprint density at radius 2 is 1.70 bits per heavy atom. The summed E-state index contributed by atoms with van der Waals surface area (Å²) >= 11 is 1.20. The van der Waals surface area contributed by atoms with Gasteiger partial charge in [-0.2, -0.15) is 0 Å². The molecule has 0 unspecified atom stereocenters. The van der Waals surface area contributed by atoms with Crippen LogP contribution in [0.3, 0.4) is 0 Å². The number of amides is 3. The van der Waals surface area contributed by atoms with E-state index in [2.05, 4.69) is 25.5 Å². The van der Waals surface area contributed by atoms with Gasteiger partial charge in [0.05, 0.1) is 16.8 Å². The van der Waals surface area contributed by atoms with E-state index in [1.165, 1.54) is 22.6 Å². The molecular formula is C32H27FN6O3S. The molecule has 3 aromatic carbocycles. The molecule has 2 aliphatic rings. The van der Waals surface area contributed by atoms with Crippen molar-refractivity contribution < 1.29 is 18.7 Å². The van der Waals surface area contributed by atoms with E-state index in [1.54, 1.807) is 24.3 Å². The lowest BCUT2D eigenvalue weighted by atomic mass is 10.1. The molecule has 0 atom stereocenters. The lowest BCUT2D eigenvalue weighted by Crippen LogP contribution is -2.35. The van der Waals surface area contributed by atoms with Gasteiger partial charge in [0.2, 0.25) is 0 Å². The summed E-state index contributed by atoms with van der Waals surface area (Å²) in [6, 6.07) is 23.8. The first-order valence-corrected chi connectivity index (χ1v) is 14.8. The van der Waals surface area contributed by atoms with Crippen LogP contribution in [0.4, 0.5) is 32.1 Å².